The maximum atomic E-state index is 5.71. The molecule has 0 bridgehead atoms. The number of hydrogen-bond acceptors (Lipinski definition) is 3. The molecule has 3 heteroatoms. The van der Waals surface area contributed by atoms with Gasteiger partial charge in [-0.25, -0.2) is 0 Å². The third kappa shape index (κ3) is 3.94. The fourth-order valence-corrected chi connectivity index (χ4v) is 3.25. The number of piperidine rings is 1. The number of nitrogens with zero attached hydrogens (tertiary/aromatic N) is 2. The zero-order valence-electron chi connectivity index (χ0n) is 12.2. The Kier molecular flexibility index (Phi) is 5.93. The average Bonchev–Trinajstić information content (AvgIpc) is 2.39. The fraction of sp³-hybridized carbons (Fsp3) is 1.00. The largest absolute Gasteiger partial charge is 0.380 e. The molecule has 2 saturated heterocycles. The molecule has 2 atom stereocenters. The standard InChI is InChI=1S/C15H30N2O/c1-3-4-10-18-11-9-16-13-15-7-5-6-8-17(15)12-14(16)2/h14-15H,3-13H2,1-2H3. The molecule has 0 aromatic heterocycles. The van der Waals surface area contributed by atoms with Gasteiger partial charge in [0, 0.05) is 38.3 Å². The second kappa shape index (κ2) is 7.46. The van der Waals surface area contributed by atoms with Crippen molar-refractivity contribution in [2.75, 3.05) is 39.4 Å². The first-order valence-electron chi connectivity index (χ1n) is 7.87. The lowest BCUT2D eigenvalue weighted by Crippen LogP contribution is -2.59. The molecule has 2 aliphatic heterocycles. The van der Waals surface area contributed by atoms with Gasteiger partial charge in [0.2, 0.25) is 0 Å². The number of ether oxygens (including phenoxy) is 1. The minimum atomic E-state index is 0.703. The van der Waals surface area contributed by atoms with Crippen LogP contribution in [0.5, 0.6) is 0 Å². The summed E-state index contributed by atoms with van der Waals surface area (Å²) in [6, 6.07) is 1.53. The van der Waals surface area contributed by atoms with Crippen molar-refractivity contribution in [1.82, 2.24) is 9.80 Å². The number of hydrogen-bond donors (Lipinski definition) is 0. The van der Waals surface area contributed by atoms with Crippen molar-refractivity contribution in [2.45, 2.75) is 58.0 Å². The van der Waals surface area contributed by atoms with Crippen LogP contribution < -0.4 is 0 Å². The van der Waals surface area contributed by atoms with Crippen molar-refractivity contribution in [3.63, 3.8) is 0 Å². The Balaban J connectivity index is 1.68. The molecular formula is C15H30N2O. The van der Waals surface area contributed by atoms with Crippen LogP contribution in [0.4, 0.5) is 0 Å². The molecule has 2 unspecified atom stereocenters. The van der Waals surface area contributed by atoms with E-state index in [1.807, 2.05) is 0 Å². The van der Waals surface area contributed by atoms with Gasteiger partial charge in [-0.05, 0) is 32.7 Å². The Morgan fingerprint density at radius 3 is 2.89 bits per heavy atom. The quantitative estimate of drug-likeness (QED) is 0.677. The third-order valence-corrected chi connectivity index (χ3v) is 4.48. The van der Waals surface area contributed by atoms with Crippen LogP contribution in [0.3, 0.4) is 0 Å². The van der Waals surface area contributed by atoms with Crippen molar-refractivity contribution in [2.24, 2.45) is 0 Å². The maximum Gasteiger partial charge on any atom is 0.0593 e. The van der Waals surface area contributed by atoms with Gasteiger partial charge in [0.25, 0.3) is 0 Å². The van der Waals surface area contributed by atoms with E-state index in [9.17, 15) is 0 Å². The third-order valence-electron chi connectivity index (χ3n) is 4.48. The van der Waals surface area contributed by atoms with Crippen LogP contribution >= 0.6 is 0 Å². The normalized spacial score (nSPS) is 30.3. The van der Waals surface area contributed by atoms with Gasteiger partial charge >= 0.3 is 0 Å². The Hall–Kier alpha value is -0.120. The van der Waals surface area contributed by atoms with E-state index < -0.39 is 0 Å². The number of rotatable bonds is 6. The summed E-state index contributed by atoms with van der Waals surface area (Å²) in [4.78, 5) is 5.35. The molecule has 2 heterocycles. The van der Waals surface area contributed by atoms with Crippen LogP contribution in [-0.4, -0.2) is 61.3 Å². The SMILES string of the molecule is CCCCOCCN1CC2CCCCN2CC1C. The molecule has 0 radical (unpaired) electrons. The average molecular weight is 254 g/mol. The summed E-state index contributed by atoms with van der Waals surface area (Å²) in [5.74, 6) is 0. The molecular weight excluding hydrogens is 224 g/mol. The summed E-state index contributed by atoms with van der Waals surface area (Å²) in [6.07, 6.45) is 6.67. The first kappa shape index (κ1) is 14.3. The zero-order chi connectivity index (χ0) is 12.8. The summed E-state index contributed by atoms with van der Waals surface area (Å²) in [5, 5.41) is 0. The highest BCUT2D eigenvalue weighted by atomic mass is 16.5. The molecule has 18 heavy (non-hydrogen) atoms. The smallest absolute Gasteiger partial charge is 0.0593 e. The van der Waals surface area contributed by atoms with Gasteiger partial charge in [-0.3, -0.25) is 9.80 Å². The number of fused-ring (bicyclic) bond motifs is 1. The fourth-order valence-electron chi connectivity index (χ4n) is 3.25. The highest BCUT2D eigenvalue weighted by Gasteiger charge is 2.32. The van der Waals surface area contributed by atoms with Crippen molar-refractivity contribution < 1.29 is 4.74 Å². The molecule has 106 valence electrons. The molecule has 2 fully saturated rings. The summed E-state index contributed by atoms with van der Waals surface area (Å²) in [5.41, 5.74) is 0. The Labute approximate surface area is 112 Å². The van der Waals surface area contributed by atoms with Gasteiger partial charge in [-0.2, -0.15) is 0 Å². The van der Waals surface area contributed by atoms with E-state index in [0.717, 1.165) is 25.8 Å². The molecule has 0 saturated carbocycles. The van der Waals surface area contributed by atoms with Gasteiger partial charge in [-0.15, -0.1) is 0 Å². The molecule has 0 aromatic carbocycles. The van der Waals surface area contributed by atoms with E-state index in [2.05, 4.69) is 23.6 Å². The van der Waals surface area contributed by atoms with E-state index >= 15 is 0 Å². The minimum absolute atomic E-state index is 0.703. The van der Waals surface area contributed by atoms with Gasteiger partial charge in [0.15, 0.2) is 0 Å². The van der Waals surface area contributed by atoms with Gasteiger partial charge in [0.1, 0.15) is 0 Å². The monoisotopic (exact) mass is 254 g/mol. The van der Waals surface area contributed by atoms with E-state index in [-0.39, 0.29) is 0 Å². The summed E-state index contributed by atoms with van der Waals surface area (Å²) in [7, 11) is 0. The highest BCUT2D eigenvalue weighted by Crippen LogP contribution is 2.23. The minimum Gasteiger partial charge on any atom is -0.380 e. The molecule has 2 rings (SSSR count). The lowest BCUT2D eigenvalue weighted by atomic mass is 9.97. The van der Waals surface area contributed by atoms with Gasteiger partial charge in [-0.1, -0.05) is 19.8 Å². The van der Waals surface area contributed by atoms with Crippen LogP contribution in [0.1, 0.15) is 46.0 Å². The first-order chi connectivity index (χ1) is 8.81. The molecule has 0 spiro atoms. The molecule has 0 N–H and O–H groups in total. The van der Waals surface area contributed by atoms with Crippen molar-refractivity contribution in [1.29, 1.82) is 0 Å². The first-order valence-corrected chi connectivity index (χ1v) is 7.87. The lowest BCUT2D eigenvalue weighted by Gasteiger charge is -2.47. The Morgan fingerprint density at radius 1 is 1.17 bits per heavy atom. The second-order valence-electron chi connectivity index (χ2n) is 5.95. The van der Waals surface area contributed by atoms with Crippen LogP contribution in [0.25, 0.3) is 0 Å². The van der Waals surface area contributed by atoms with Crippen LogP contribution in [0.2, 0.25) is 0 Å². The van der Waals surface area contributed by atoms with Gasteiger partial charge < -0.3 is 4.74 Å². The second-order valence-corrected chi connectivity index (χ2v) is 5.95. The Morgan fingerprint density at radius 2 is 2.06 bits per heavy atom. The van der Waals surface area contributed by atoms with Crippen molar-refractivity contribution in [3.8, 4) is 0 Å². The van der Waals surface area contributed by atoms with Gasteiger partial charge in [0.05, 0.1) is 6.61 Å². The maximum absolute atomic E-state index is 5.71. The van der Waals surface area contributed by atoms with Crippen molar-refractivity contribution >= 4 is 0 Å². The number of piperazine rings is 1. The van der Waals surface area contributed by atoms with E-state index in [0.29, 0.717) is 6.04 Å². The summed E-state index contributed by atoms with van der Waals surface area (Å²) >= 11 is 0. The molecule has 0 aromatic rings. The van der Waals surface area contributed by atoms with Crippen LogP contribution in [0.15, 0.2) is 0 Å². The molecule has 0 amide bonds. The Bertz CT molecular complexity index is 235. The molecule has 2 aliphatic rings. The lowest BCUT2D eigenvalue weighted by molar-refractivity contribution is -0.000847. The zero-order valence-corrected chi connectivity index (χ0v) is 12.2. The molecule has 3 nitrogen and oxygen atoms in total. The van der Waals surface area contributed by atoms with E-state index in [1.54, 1.807) is 0 Å². The van der Waals surface area contributed by atoms with Crippen LogP contribution in [0, 0.1) is 0 Å². The van der Waals surface area contributed by atoms with Crippen molar-refractivity contribution in [3.05, 3.63) is 0 Å². The van der Waals surface area contributed by atoms with Crippen LogP contribution in [-0.2, 0) is 4.74 Å². The number of unbranched alkanes of at least 4 members (excludes halogenated alkanes) is 1. The predicted molar refractivity (Wildman–Crippen MR) is 76.0 cm³/mol. The summed E-state index contributed by atoms with van der Waals surface area (Å²) in [6.45, 7) is 11.4. The summed E-state index contributed by atoms with van der Waals surface area (Å²) < 4.78 is 5.71. The predicted octanol–water partition coefficient (Wildman–Crippen LogP) is 2.36. The molecule has 0 aliphatic carbocycles. The van der Waals surface area contributed by atoms with E-state index in [4.69, 9.17) is 4.74 Å². The highest BCUT2D eigenvalue weighted by molar-refractivity contribution is 4.88. The topological polar surface area (TPSA) is 15.7 Å². The van der Waals surface area contributed by atoms with E-state index in [1.165, 1.54) is 51.7 Å².